The van der Waals surface area contributed by atoms with Crippen molar-refractivity contribution in [2.75, 3.05) is 13.2 Å². The number of hydrogen-bond donors (Lipinski definition) is 0. The van der Waals surface area contributed by atoms with E-state index in [0.717, 1.165) is 135 Å². The zero-order valence-corrected chi connectivity index (χ0v) is 48.8. The van der Waals surface area contributed by atoms with Gasteiger partial charge < -0.3 is 14.2 Å². The molecule has 0 radical (unpaired) electrons. The number of carbonyl (C=O) groups excluding carboxylic acids is 3. The van der Waals surface area contributed by atoms with Crippen molar-refractivity contribution in [1.82, 2.24) is 0 Å². The molecule has 0 spiro atoms. The Morgan fingerprint density at radius 1 is 0.280 bits per heavy atom. The summed E-state index contributed by atoms with van der Waals surface area (Å²) in [6.07, 6.45) is 86.3. The number of allylic oxidation sites excluding steroid dienone is 20. The third-order valence-electron chi connectivity index (χ3n) is 12.9. The highest BCUT2D eigenvalue weighted by molar-refractivity contribution is 5.71. The molecular formula is C69H114O6. The number of unbranched alkanes of at least 4 members (excludes halogenated alkanes) is 24. The van der Waals surface area contributed by atoms with E-state index < -0.39 is 6.10 Å². The van der Waals surface area contributed by atoms with E-state index in [9.17, 15) is 14.4 Å². The van der Waals surface area contributed by atoms with Gasteiger partial charge in [0.2, 0.25) is 0 Å². The van der Waals surface area contributed by atoms with E-state index in [-0.39, 0.29) is 31.1 Å². The quantitative estimate of drug-likeness (QED) is 0.0261. The number of esters is 3. The van der Waals surface area contributed by atoms with Gasteiger partial charge in [0, 0.05) is 19.3 Å². The standard InChI is InChI=1S/C69H114O6/c1-4-7-10-13-16-19-22-25-27-29-31-33-34-36-37-39-41-44-47-50-53-56-59-62-68(71)74-65-66(64-73-67(70)61-58-55-52-49-46-43-24-21-18-15-12-9-6-3)75-69(72)63-60-57-54-51-48-45-42-40-38-35-32-30-28-26-23-20-17-14-11-8-5-2/h8-9,11-12,17-18,20-22,25-26,28-29,31-32,34-36,43,46,66H,4-7,10,13-16,19,23-24,27,30,33,37-42,44-45,47-65H2,1-3H3/b11-8-,12-9-,20-17-,21-18-,25-22-,28-26-,31-29-,35-32-,36-34-,46-43-. The van der Waals surface area contributed by atoms with Gasteiger partial charge in [-0.15, -0.1) is 0 Å². The second-order valence-electron chi connectivity index (χ2n) is 20.2. The van der Waals surface area contributed by atoms with Crippen molar-refractivity contribution in [1.29, 1.82) is 0 Å². The predicted octanol–water partition coefficient (Wildman–Crippen LogP) is 21.2. The van der Waals surface area contributed by atoms with Crippen molar-refractivity contribution in [2.24, 2.45) is 0 Å². The molecule has 0 fully saturated rings. The SMILES string of the molecule is CC/C=C\C/C=C\C/C=C\C/C=C\CCCCCCCCCCC(=O)OC(COC(=O)CCCCC/C=C\C/C=C\C/C=C\CC)COC(=O)CCCCCCCCCC/C=C\C/C=C\C/C=C\CCCCCCC. The van der Waals surface area contributed by atoms with Crippen molar-refractivity contribution in [3.05, 3.63) is 122 Å². The van der Waals surface area contributed by atoms with Crippen LogP contribution in [0.1, 0.15) is 278 Å². The van der Waals surface area contributed by atoms with Gasteiger partial charge >= 0.3 is 17.9 Å². The van der Waals surface area contributed by atoms with E-state index in [0.29, 0.717) is 19.3 Å². The largest absolute Gasteiger partial charge is 0.462 e. The van der Waals surface area contributed by atoms with E-state index >= 15 is 0 Å². The Labute approximate surface area is 462 Å². The zero-order valence-electron chi connectivity index (χ0n) is 48.8. The van der Waals surface area contributed by atoms with Crippen LogP contribution in [0.25, 0.3) is 0 Å². The van der Waals surface area contributed by atoms with E-state index in [1.807, 2.05) is 0 Å². The van der Waals surface area contributed by atoms with Crippen LogP contribution in [0.15, 0.2) is 122 Å². The Morgan fingerprint density at radius 3 is 0.827 bits per heavy atom. The van der Waals surface area contributed by atoms with Crippen molar-refractivity contribution >= 4 is 17.9 Å². The van der Waals surface area contributed by atoms with E-state index in [2.05, 4.69) is 142 Å². The summed E-state index contributed by atoms with van der Waals surface area (Å²) >= 11 is 0. The molecule has 6 heteroatoms. The Kier molecular flexibility index (Phi) is 58.9. The van der Waals surface area contributed by atoms with Crippen LogP contribution in [0.2, 0.25) is 0 Å². The first-order valence-electron chi connectivity index (χ1n) is 31.0. The van der Waals surface area contributed by atoms with Gasteiger partial charge in [-0.1, -0.05) is 251 Å². The fourth-order valence-corrected chi connectivity index (χ4v) is 8.34. The summed E-state index contributed by atoms with van der Waals surface area (Å²) in [7, 11) is 0. The van der Waals surface area contributed by atoms with Crippen LogP contribution in [-0.2, 0) is 28.6 Å². The first-order valence-corrected chi connectivity index (χ1v) is 31.0. The van der Waals surface area contributed by atoms with Gasteiger partial charge in [0.25, 0.3) is 0 Å². The molecule has 6 nitrogen and oxygen atoms in total. The van der Waals surface area contributed by atoms with Crippen LogP contribution in [0.5, 0.6) is 0 Å². The smallest absolute Gasteiger partial charge is 0.306 e. The lowest BCUT2D eigenvalue weighted by Gasteiger charge is -2.18. The van der Waals surface area contributed by atoms with Crippen molar-refractivity contribution in [3.63, 3.8) is 0 Å². The molecule has 75 heavy (non-hydrogen) atoms. The topological polar surface area (TPSA) is 78.9 Å². The number of carbonyl (C=O) groups is 3. The second-order valence-corrected chi connectivity index (χ2v) is 20.2. The molecule has 0 aromatic rings. The number of hydrogen-bond acceptors (Lipinski definition) is 6. The Bertz CT molecular complexity index is 1570. The minimum Gasteiger partial charge on any atom is -0.462 e. The van der Waals surface area contributed by atoms with Gasteiger partial charge in [-0.3, -0.25) is 14.4 Å². The monoisotopic (exact) mass is 1040 g/mol. The summed E-state index contributed by atoms with van der Waals surface area (Å²) in [5, 5.41) is 0. The third-order valence-corrected chi connectivity index (χ3v) is 12.9. The van der Waals surface area contributed by atoms with Crippen LogP contribution >= 0.6 is 0 Å². The molecule has 426 valence electrons. The molecule has 0 aliphatic carbocycles. The Morgan fingerprint density at radius 2 is 0.520 bits per heavy atom. The van der Waals surface area contributed by atoms with Crippen molar-refractivity contribution in [3.8, 4) is 0 Å². The van der Waals surface area contributed by atoms with Crippen molar-refractivity contribution in [2.45, 2.75) is 284 Å². The van der Waals surface area contributed by atoms with Crippen LogP contribution in [0, 0.1) is 0 Å². The average Bonchev–Trinajstić information content (AvgIpc) is 3.41. The molecular weight excluding hydrogens is 925 g/mol. The first kappa shape index (κ1) is 70.8. The molecule has 0 aromatic heterocycles. The molecule has 0 heterocycles. The first-order chi connectivity index (χ1) is 37.0. The summed E-state index contributed by atoms with van der Waals surface area (Å²) in [5.41, 5.74) is 0. The highest BCUT2D eigenvalue weighted by Gasteiger charge is 2.19. The fraction of sp³-hybridized carbons (Fsp3) is 0.667. The fourth-order valence-electron chi connectivity index (χ4n) is 8.34. The van der Waals surface area contributed by atoms with Crippen LogP contribution in [-0.4, -0.2) is 37.2 Å². The lowest BCUT2D eigenvalue weighted by Crippen LogP contribution is -2.30. The van der Waals surface area contributed by atoms with Gasteiger partial charge in [-0.25, -0.2) is 0 Å². The summed E-state index contributed by atoms with van der Waals surface area (Å²) < 4.78 is 16.9. The van der Waals surface area contributed by atoms with Gasteiger partial charge in [0.1, 0.15) is 13.2 Å². The summed E-state index contributed by atoms with van der Waals surface area (Å²) in [4.78, 5) is 38.3. The molecule has 0 aromatic carbocycles. The van der Waals surface area contributed by atoms with Crippen LogP contribution < -0.4 is 0 Å². The van der Waals surface area contributed by atoms with Gasteiger partial charge in [-0.05, 0) is 128 Å². The molecule has 0 aliphatic rings. The van der Waals surface area contributed by atoms with Crippen LogP contribution in [0.3, 0.4) is 0 Å². The second kappa shape index (κ2) is 62.4. The van der Waals surface area contributed by atoms with Gasteiger partial charge in [-0.2, -0.15) is 0 Å². The zero-order chi connectivity index (χ0) is 54.3. The minimum absolute atomic E-state index is 0.0973. The average molecular weight is 1040 g/mol. The third kappa shape index (κ3) is 60.6. The molecule has 0 bridgehead atoms. The molecule has 1 unspecified atom stereocenters. The predicted molar refractivity (Wildman–Crippen MR) is 325 cm³/mol. The van der Waals surface area contributed by atoms with Gasteiger partial charge in [0.05, 0.1) is 0 Å². The highest BCUT2D eigenvalue weighted by atomic mass is 16.6. The normalized spacial score (nSPS) is 12.9. The van der Waals surface area contributed by atoms with Gasteiger partial charge in [0.15, 0.2) is 6.10 Å². The van der Waals surface area contributed by atoms with E-state index in [1.54, 1.807) is 0 Å². The molecule has 0 amide bonds. The Hall–Kier alpha value is -4.19. The maximum absolute atomic E-state index is 12.9. The number of rotatable bonds is 55. The Balaban J connectivity index is 4.40. The van der Waals surface area contributed by atoms with Crippen LogP contribution in [0.4, 0.5) is 0 Å². The molecule has 1 atom stereocenters. The summed E-state index contributed by atoms with van der Waals surface area (Å²) in [6, 6.07) is 0. The minimum atomic E-state index is -0.803. The maximum atomic E-state index is 12.9. The molecule has 0 N–H and O–H groups in total. The lowest BCUT2D eigenvalue weighted by molar-refractivity contribution is -0.167. The summed E-state index contributed by atoms with van der Waals surface area (Å²) in [6.45, 7) is 6.37. The number of ether oxygens (including phenoxy) is 3. The highest BCUT2D eigenvalue weighted by Crippen LogP contribution is 2.15. The summed E-state index contributed by atoms with van der Waals surface area (Å²) in [5.74, 6) is -0.940. The lowest BCUT2D eigenvalue weighted by atomic mass is 10.1. The molecule has 0 aliphatic heterocycles. The maximum Gasteiger partial charge on any atom is 0.306 e. The van der Waals surface area contributed by atoms with E-state index in [1.165, 1.54) is 103 Å². The van der Waals surface area contributed by atoms with E-state index in [4.69, 9.17) is 14.2 Å². The molecule has 0 saturated heterocycles. The van der Waals surface area contributed by atoms with Crippen molar-refractivity contribution < 1.29 is 28.6 Å². The molecule has 0 saturated carbocycles. The molecule has 0 rings (SSSR count).